The number of piperidine rings is 1. The number of hydrogen-bond acceptors (Lipinski definition) is 3. The molecule has 0 spiro atoms. The standard InChI is InChI=1S/C20H21F3N2O2.ClH/c21-15-6-5-13(11-17(15)23)14-7-9-24-12-18(14)25-20(26)8-10-27-19-4-2-1-3-16(19)22;/h1-6,11,14,18,24H,7-10,12H2,(H,25,26);1H. The van der Waals surface area contributed by atoms with E-state index in [-0.39, 0.29) is 49.1 Å². The van der Waals surface area contributed by atoms with Gasteiger partial charge in [-0.15, -0.1) is 12.4 Å². The molecule has 152 valence electrons. The number of amides is 1. The average molecular weight is 415 g/mol. The van der Waals surface area contributed by atoms with Crippen LogP contribution in [-0.4, -0.2) is 31.6 Å². The molecule has 1 heterocycles. The molecule has 0 saturated carbocycles. The van der Waals surface area contributed by atoms with Gasteiger partial charge in [-0.2, -0.15) is 0 Å². The van der Waals surface area contributed by atoms with Gasteiger partial charge in [0.15, 0.2) is 23.2 Å². The number of para-hydroxylation sites is 1. The molecule has 2 aromatic carbocycles. The number of hydrogen-bond donors (Lipinski definition) is 2. The van der Waals surface area contributed by atoms with Gasteiger partial charge in [0.05, 0.1) is 13.0 Å². The van der Waals surface area contributed by atoms with E-state index in [9.17, 15) is 18.0 Å². The van der Waals surface area contributed by atoms with Crippen LogP contribution in [0.25, 0.3) is 0 Å². The second-order valence-electron chi connectivity index (χ2n) is 6.48. The summed E-state index contributed by atoms with van der Waals surface area (Å²) in [5.74, 6) is -2.52. The fourth-order valence-electron chi connectivity index (χ4n) is 3.25. The van der Waals surface area contributed by atoms with Crippen molar-refractivity contribution in [3.63, 3.8) is 0 Å². The van der Waals surface area contributed by atoms with Gasteiger partial charge in [0.2, 0.25) is 5.91 Å². The van der Waals surface area contributed by atoms with E-state index in [2.05, 4.69) is 10.6 Å². The molecule has 1 aliphatic heterocycles. The summed E-state index contributed by atoms with van der Waals surface area (Å²) in [7, 11) is 0. The molecule has 0 aliphatic carbocycles. The summed E-state index contributed by atoms with van der Waals surface area (Å²) in [4.78, 5) is 12.2. The Balaban J connectivity index is 0.00000280. The maximum Gasteiger partial charge on any atom is 0.223 e. The molecule has 1 fully saturated rings. The van der Waals surface area contributed by atoms with Crippen LogP contribution in [0.3, 0.4) is 0 Å². The number of benzene rings is 2. The van der Waals surface area contributed by atoms with Crippen molar-refractivity contribution in [2.75, 3.05) is 19.7 Å². The largest absolute Gasteiger partial charge is 0.490 e. The Morgan fingerprint density at radius 2 is 1.89 bits per heavy atom. The van der Waals surface area contributed by atoms with Gasteiger partial charge in [-0.05, 0) is 42.8 Å². The highest BCUT2D eigenvalue weighted by Gasteiger charge is 2.28. The molecular formula is C20H22ClF3N2O2. The summed E-state index contributed by atoms with van der Waals surface area (Å²) in [6.07, 6.45) is 0.761. The van der Waals surface area contributed by atoms with Gasteiger partial charge >= 0.3 is 0 Å². The molecular weight excluding hydrogens is 393 g/mol. The van der Waals surface area contributed by atoms with Gasteiger partial charge < -0.3 is 15.4 Å². The number of nitrogens with one attached hydrogen (secondary N) is 2. The first-order chi connectivity index (χ1) is 13.0. The van der Waals surface area contributed by atoms with Crippen LogP contribution in [0, 0.1) is 17.5 Å². The predicted molar refractivity (Wildman–Crippen MR) is 102 cm³/mol. The molecule has 1 amide bonds. The van der Waals surface area contributed by atoms with E-state index in [1.807, 2.05) is 0 Å². The molecule has 0 radical (unpaired) electrons. The van der Waals surface area contributed by atoms with Crippen LogP contribution >= 0.6 is 12.4 Å². The monoisotopic (exact) mass is 414 g/mol. The van der Waals surface area contributed by atoms with Crippen molar-refractivity contribution in [1.82, 2.24) is 10.6 Å². The van der Waals surface area contributed by atoms with Crippen molar-refractivity contribution in [1.29, 1.82) is 0 Å². The Morgan fingerprint density at radius 3 is 2.64 bits per heavy atom. The Kier molecular flexibility index (Phi) is 8.14. The van der Waals surface area contributed by atoms with Crippen molar-refractivity contribution in [2.45, 2.75) is 24.8 Å². The molecule has 1 saturated heterocycles. The zero-order valence-corrected chi connectivity index (χ0v) is 15.9. The Morgan fingerprint density at radius 1 is 1.11 bits per heavy atom. The summed E-state index contributed by atoms with van der Waals surface area (Å²) in [5.41, 5.74) is 0.656. The molecule has 28 heavy (non-hydrogen) atoms. The van der Waals surface area contributed by atoms with E-state index >= 15 is 0 Å². The summed E-state index contributed by atoms with van der Waals surface area (Å²) in [6.45, 7) is 1.30. The number of halogens is 4. The maximum atomic E-state index is 13.6. The molecule has 2 unspecified atom stereocenters. The minimum Gasteiger partial charge on any atom is -0.490 e. The van der Waals surface area contributed by atoms with Crippen LogP contribution in [0.1, 0.15) is 24.3 Å². The van der Waals surface area contributed by atoms with Crippen molar-refractivity contribution >= 4 is 18.3 Å². The van der Waals surface area contributed by atoms with E-state index in [1.165, 1.54) is 18.2 Å². The lowest BCUT2D eigenvalue weighted by Crippen LogP contribution is -2.50. The van der Waals surface area contributed by atoms with Crippen LogP contribution in [0.2, 0.25) is 0 Å². The van der Waals surface area contributed by atoms with Crippen LogP contribution in [-0.2, 0) is 4.79 Å². The van der Waals surface area contributed by atoms with Crippen molar-refractivity contribution in [3.8, 4) is 5.75 Å². The summed E-state index contributed by atoms with van der Waals surface area (Å²) >= 11 is 0. The summed E-state index contributed by atoms with van der Waals surface area (Å²) < 4.78 is 45.5. The minimum atomic E-state index is -0.894. The molecule has 0 bridgehead atoms. The van der Waals surface area contributed by atoms with E-state index in [0.29, 0.717) is 18.5 Å². The molecule has 0 aromatic heterocycles. The average Bonchev–Trinajstić information content (AvgIpc) is 2.66. The normalized spacial score (nSPS) is 18.8. The zero-order chi connectivity index (χ0) is 19.2. The lowest BCUT2D eigenvalue weighted by atomic mass is 9.86. The first-order valence-electron chi connectivity index (χ1n) is 8.87. The number of carbonyl (C=O) groups excluding carboxylic acids is 1. The number of carbonyl (C=O) groups is 1. The van der Waals surface area contributed by atoms with E-state index in [1.54, 1.807) is 18.2 Å². The minimum absolute atomic E-state index is 0. The second-order valence-corrected chi connectivity index (χ2v) is 6.48. The first kappa shape index (κ1) is 22.0. The molecule has 8 heteroatoms. The van der Waals surface area contributed by atoms with E-state index in [4.69, 9.17) is 4.74 Å². The first-order valence-corrected chi connectivity index (χ1v) is 8.87. The molecule has 3 rings (SSSR count). The van der Waals surface area contributed by atoms with Crippen molar-refractivity contribution in [3.05, 3.63) is 65.5 Å². The van der Waals surface area contributed by atoms with Gasteiger partial charge in [0.25, 0.3) is 0 Å². The molecule has 2 N–H and O–H groups in total. The summed E-state index contributed by atoms with van der Waals surface area (Å²) in [6, 6.07) is 9.59. The van der Waals surface area contributed by atoms with Crippen molar-refractivity contribution < 1.29 is 22.7 Å². The predicted octanol–water partition coefficient (Wildman–Crippen LogP) is 3.56. The Bertz CT molecular complexity index is 807. The van der Waals surface area contributed by atoms with Gasteiger partial charge in [-0.25, -0.2) is 13.2 Å². The third-order valence-electron chi connectivity index (χ3n) is 4.62. The maximum absolute atomic E-state index is 13.6. The number of ether oxygens (including phenoxy) is 1. The molecule has 2 atom stereocenters. The van der Waals surface area contributed by atoms with E-state index in [0.717, 1.165) is 12.6 Å². The van der Waals surface area contributed by atoms with Gasteiger partial charge in [-0.1, -0.05) is 18.2 Å². The van der Waals surface area contributed by atoms with Crippen LogP contribution < -0.4 is 15.4 Å². The van der Waals surface area contributed by atoms with Crippen molar-refractivity contribution in [2.24, 2.45) is 0 Å². The highest BCUT2D eigenvalue weighted by Crippen LogP contribution is 2.27. The topological polar surface area (TPSA) is 50.4 Å². The highest BCUT2D eigenvalue weighted by molar-refractivity contribution is 5.85. The van der Waals surface area contributed by atoms with E-state index < -0.39 is 17.5 Å². The third kappa shape index (κ3) is 5.62. The van der Waals surface area contributed by atoms with Crippen LogP contribution in [0.5, 0.6) is 5.75 Å². The smallest absolute Gasteiger partial charge is 0.223 e. The highest BCUT2D eigenvalue weighted by atomic mass is 35.5. The number of rotatable bonds is 6. The van der Waals surface area contributed by atoms with Crippen LogP contribution in [0.15, 0.2) is 42.5 Å². The molecule has 2 aromatic rings. The lowest BCUT2D eigenvalue weighted by Gasteiger charge is -2.33. The van der Waals surface area contributed by atoms with Gasteiger partial charge in [-0.3, -0.25) is 4.79 Å². The Hall–Kier alpha value is -2.25. The third-order valence-corrected chi connectivity index (χ3v) is 4.62. The Labute approximate surface area is 167 Å². The molecule has 1 aliphatic rings. The fraction of sp³-hybridized carbons (Fsp3) is 0.350. The van der Waals surface area contributed by atoms with Crippen LogP contribution in [0.4, 0.5) is 13.2 Å². The molecule has 4 nitrogen and oxygen atoms in total. The fourth-order valence-corrected chi connectivity index (χ4v) is 3.25. The van der Waals surface area contributed by atoms with Gasteiger partial charge in [0.1, 0.15) is 0 Å². The quantitative estimate of drug-likeness (QED) is 0.760. The zero-order valence-electron chi connectivity index (χ0n) is 15.1. The van der Waals surface area contributed by atoms with Gasteiger partial charge in [0, 0.05) is 18.5 Å². The SMILES string of the molecule is Cl.O=C(CCOc1ccccc1F)NC1CNCCC1c1ccc(F)c(F)c1. The lowest BCUT2D eigenvalue weighted by molar-refractivity contribution is -0.122. The second kappa shape index (κ2) is 10.3. The summed E-state index contributed by atoms with van der Waals surface area (Å²) in [5, 5.41) is 6.10.